The predicted octanol–water partition coefficient (Wildman–Crippen LogP) is 1.95. The number of ether oxygens (including phenoxy) is 1. The molecule has 0 aromatic carbocycles. The van der Waals surface area contributed by atoms with Crippen LogP contribution in [0.5, 0.6) is 0 Å². The van der Waals surface area contributed by atoms with Crippen molar-refractivity contribution >= 4 is 0 Å². The summed E-state index contributed by atoms with van der Waals surface area (Å²) in [5, 5.41) is 3.54. The third-order valence-corrected chi connectivity index (χ3v) is 2.91. The molecule has 0 spiro atoms. The number of nitrogens with two attached hydrogens (primary N) is 1. The molecular formula is C13H24N2O. The van der Waals surface area contributed by atoms with Crippen molar-refractivity contribution in [2.24, 2.45) is 5.73 Å². The fourth-order valence-electron chi connectivity index (χ4n) is 1.92. The second kappa shape index (κ2) is 6.06. The van der Waals surface area contributed by atoms with Crippen molar-refractivity contribution in [3.05, 3.63) is 23.9 Å². The van der Waals surface area contributed by atoms with Crippen LogP contribution in [0.4, 0.5) is 0 Å². The third kappa shape index (κ3) is 3.99. The van der Waals surface area contributed by atoms with Crippen LogP contribution in [-0.4, -0.2) is 24.8 Å². The molecular weight excluding hydrogens is 200 g/mol. The molecule has 0 radical (unpaired) electrons. The third-order valence-electron chi connectivity index (χ3n) is 2.91. The van der Waals surface area contributed by atoms with Gasteiger partial charge in [-0.15, -0.1) is 0 Å². The number of hydrogen-bond donors (Lipinski definition) is 2. The van der Waals surface area contributed by atoms with Crippen molar-refractivity contribution < 1.29 is 4.74 Å². The maximum atomic E-state index is 5.88. The lowest BCUT2D eigenvalue weighted by molar-refractivity contribution is 0.0771. The molecule has 0 fully saturated rings. The van der Waals surface area contributed by atoms with Gasteiger partial charge in [0.15, 0.2) is 0 Å². The van der Waals surface area contributed by atoms with Gasteiger partial charge < -0.3 is 15.8 Å². The normalized spacial score (nSPS) is 24.9. The Morgan fingerprint density at radius 2 is 2.31 bits per heavy atom. The molecule has 0 heterocycles. The highest BCUT2D eigenvalue weighted by molar-refractivity contribution is 5.25. The molecule has 3 N–H and O–H groups in total. The summed E-state index contributed by atoms with van der Waals surface area (Å²) in [4.78, 5) is 0. The lowest BCUT2D eigenvalue weighted by Gasteiger charge is -2.33. The van der Waals surface area contributed by atoms with E-state index in [1.54, 1.807) is 0 Å². The molecule has 1 unspecified atom stereocenters. The number of rotatable bonds is 6. The minimum Gasteiger partial charge on any atom is -0.402 e. The Hall–Kier alpha value is -0.800. The van der Waals surface area contributed by atoms with Gasteiger partial charge in [-0.1, -0.05) is 19.1 Å². The fraction of sp³-hybridized carbons (Fsp3) is 0.692. The molecule has 0 saturated carbocycles. The van der Waals surface area contributed by atoms with Gasteiger partial charge in [0.25, 0.3) is 0 Å². The average molecular weight is 224 g/mol. The highest BCUT2D eigenvalue weighted by Crippen LogP contribution is 2.23. The summed E-state index contributed by atoms with van der Waals surface area (Å²) >= 11 is 0. The van der Waals surface area contributed by atoms with Crippen LogP contribution in [0.1, 0.15) is 33.6 Å². The summed E-state index contributed by atoms with van der Waals surface area (Å²) in [6.45, 7) is 7.90. The molecule has 0 amide bonds. The Morgan fingerprint density at radius 1 is 1.56 bits per heavy atom. The number of allylic oxidation sites excluding steroid dienone is 2. The Bertz CT molecular complexity index is 271. The van der Waals surface area contributed by atoms with Crippen LogP contribution in [-0.2, 0) is 4.74 Å². The quantitative estimate of drug-likeness (QED) is 0.678. The van der Waals surface area contributed by atoms with Gasteiger partial charge in [0.05, 0.1) is 12.7 Å². The van der Waals surface area contributed by atoms with Crippen LogP contribution in [0.3, 0.4) is 0 Å². The highest BCUT2D eigenvalue weighted by Gasteiger charge is 2.26. The van der Waals surface area contributed by atoms with E-state index in [4.69, 9.17) is 10.5 Å². The van der Waals surface area contributed by atoms with Crippen LogP contribution >= 0.6 is 0 Å². The zero-order chi connectivity index (χ0) is 12.0. The van der Waals surface area contributed by atoms with E-state index >= 15 is 0 Å². The van der Waals surface area contributed by atoms with Crippen molar-refractivity contribution in [3.8, 4) is 0 Å². The van der Waals surface area contributed by atoms with Gasteiger partial charge >= 0.3 is 0 Å². The van der Waals surface area contributed by atoms with Gasteiger partial charge in [-0.3, -0.25) is 0 Å². The summed E-state index contributed by atoms with van der Waals surface area (Å²) in [7, 11) is 0. The Kier molecular flexibility index (Phi) is 5.03. The van der Waals surface area contributed by atoms with E-state index < -0.39 is 0 Å². The van der Waals surface area contributed by atoms with Gasteiger partial charge in [-0.05, 0) is 26.3 Å². The first-order valence-corrected chi connectivity index (χ1v) is 6.08. The first-order chi connectivity index (χ1) is 7.58. The molecule has 1 aliphatic carbocycles. The van der Waals surface area contributed by atoms with E-state index in [2.05, 4.69) is 32.2 Å². The standard InChI is InChI=1S/C13H24N2O/c1-4-13(7-5-6-12(14)10-13)15-8-9-16-11(2)3/h5-7,11,15H,4,8-10,14H2,1-3H3. The van der Waals surface area contributed by atoms with Crippen LogP contribution in [0, 0.1) is 0 Å². The van der Waals surface area contributed by atoms with E-state index in [9.17, 15) is 0 Å². The molecule has 0 aliphatic heterocycles. The second-order valence-corrected chi connectivity index (χ2v) is 4.63. The Balaban J connectivity index is 2.37. The molecule has 1 rings (SSSR count). The summed E-state index contributed by atoms with van der Waals surface area (Å²) in [5.74, 6) is 0. The maximum absolute atomic E-state index is 5.88. The van der Waals surface area contributed by atoms with Gasteiger partial charge in [-0.2, -0.15) is 0 Å². The van der Waals surface area contributed by atoms with Crippen molar-refractivity contribution in [2.75, 3.05) is 13.2 Å². The molecule has 0 saturated heterocycles. The van der Waals surface area contributed by atoms with Gasteiger partial charge in [0.2, 0.25) is 0 Å². The minimum absolute atomic E-state index is 0.0270. The summed E-state index contributed by atoms with van der Waals surface area (Å²) in [6, 6.07) is 0. The zero-order valence-electron chi connectivity index (χ0n) is 10.6. The summed E-state index contributed by atoms with van der Waals surface area (Å²) in [5.41, 5.74) is 6.85. The van der Waals surface area contributed by atoms with Gasteiger partial charge in [-0.25, -0.2) is 0 Å². The lowest BCUT2D eigenvalue weighted by Crippen LogP contribution is -2.46. The van der Waals surface area contributed by atoms with Crippen molar-refractivity contribution in [3.63, 3.8) is 0 Å². The van der Waals surface area contributed by atoms with E-state index in [1.807, 2.05) is 12.2 Å². The van der Waals surface area contributed by atoms with Crippen LogP contribution in [0.15, 0.2) is 23.9 Å². The van der Waals surface area contributed by atoms with Crippen molar-refractivity contribution in [1.29, 1.82) is 0 Å². The Morgan fingerprint density at radius 3 is 2.88 bits per heavy atom. The van der Waals surface area contributed by atoms with Crippen LogP contribution in [0.25, 0.3) is 0 Å². The Labute approximate surface area is 98.7 Å². The number of hydrogen-bond acceptors (Lipinski definition) is 3. The molecule has 0 aromatic rings. The zero-order valence-corrected chi connectivity index (χ0v) is 10.6. The predicted molar refractivity (Wildman–Crippen MR) is 68.1 cm³/mol. The van der Waals surface area contributed by atoms with Crippen LogP contribution in [0.2, 0.25) is 0 Å². The molecule has 16 heavy (non-hydrogen) atoms. The largest absolute Gasteiger partial charge is 0.402 e. The molecule has 3 nitrogen and oxygen atoms in total. The first-order valence-electron chi connectivity index (χ1n) is 6.08. The maximum Gasteiger partial charge on any atom is 0.0594 e. The highest BCUT2D eigenvalue weighted by atomic mass is 16.5. The van der Waals surface area contributed by atoms with E-state index in [1.165, 1.54) is 0 Å². The topological polar surface area (TPSA) is 47.3 Å². The second-order valence-electron chi connectivity index (χ2n) is 4.63. The van der Waals surface area contributed by atoms with Crippen molar-refractivity contribution in [2.45, 2.75) is 45.3 Å². The van der Waals surface area contributed by atoms with Gasteiger partial charge in [0.1, 0.15) is 0 Å². The average Bonchev–Trinajstić information content (AvgIpc) is 2.24. The summed E-state index contributed by atoms with van der Waals surface area (Å²) < 4.78 is 5.52. The lowest BCUT2D eigenvalue weighted by atomic mass is 9.87. The molecule has 0 bridgehead atoms. The van der Waals surface area contributed by atoms with E-state index in [0.29, 0.717) is 6.10 Å². The first kappa shape index (κ1) is 13.3. The molecule has 1 atom stereocenters. The molecule has 92 valence electrons. The fourth-order valence-corrected chi connectivity index (χ4v) is 1.92. The van der Waals surface area contributed by atoms with Crippen LogP contribution < -0.4 is 11.1 Å². The van der Waals surface area contributed by atoms with Crippen molar-refractivity contribution in [1.82, 2.24) is 5.32 Å². The minimum atomic E-state index is 0.0270. The summed E-state index contributed by atoms with van der Waals surface area (Å²) in [6.07, 6.45) is 8.45. The van der Waals surface area contributed by atoms with E-state index in [-0.39, 0.29) is 5.54 Å². The number of nitrogens with one attached hydrogen (secondary N) is 1. The van der Waals surface area contributed by atoms with Gasteiger partial charge in [0, 0.05) is 24.2 Å². The monoisotopic (exact) mass is 224 g/mol. The molecule has 1 aliphatic rings. The van der Waals surface area contributed by atoms with E-state index in [0.717, 1.165) is 31.7 Å². The smallest absolute Gasteiger partial charge is 0.0594 e. The molecule has 0 aromatic heterocycles. The SMILES string of the molecule is CCC1(NCCOC(C)C)C=CC=C(N)C1. The molecule has 3 heteroatoms.